The van der Waals surface area contributed by atoms with Crippen molar-refractivity contribution in [3.63, 3.8) is 0 Å². The Balaban J connectivity index is 1.65. The Morgan fingerprint density at radius 2 is 1.86 bits per heavy atom. The Morgan fingerprint density at radius 3 is 2.67 bits per heavy atom. The lowest BCUT2D eigenvalue weighted by molar-refractivity contribution is -0.139. The molecule has 114 valence electrons. The van der Waals surface area contributed by atoms with Gasteiger partial charge in [-0.1, -0.05) is 43.2 Å². The maximum absolute atomic E-state index is 12.8. The number of piperidine rings is 1. The van der Waals surface area contributed by atoms with Crippen LogP contribution in [0.25, 0.3) is 0 Å². The number of nitrogens with two attached hydrogens (primary N) is 1. The zero-order chi connectivity index (χ0) is 14.7. The Kier molecular flexibility index (Phi) is 4.59. The first-order chi connectivity index (χ1) is 10.3. The van der Waals surface area contributed by atoms with Gasteiger partial charge < -0.3 is 10.6 Å². The maximum Gasteiger partial charge on any atom is 0.240 e. The zero-order valence-electron chi connectivity index (χ0n) is 12.7. The quantitative estimate of drug-likeness (QED) is 0.928. The number of rotatable bonds is 3. The Morgan fingerprint density at radius 1 is 1.14 bits per heavy atom. The summed E-state index contributed by atoms with van der Waals surface area (Å²) in [5, 5.41) is 0. The van der Waals surface area contributed by atoms with E-state index in [4.69, 9.17) is 5.73 Å². The van der Waals surface area contributed by atoms with E-state index in [1.54, 1.807) is 0 Å². The summed E-state index contributed by atoms with van der Waals surface area (Å²) < 4.78 is 0. The van der Waals surface area contributed by atoms with Gasteiger partial charge in [0.15, 0.2) is 0 Å². The zero-order valence-corrected chi connectivity index (χ0v) is 12.7. The van der Waals surface area contributed by atoms with Crippen molar-refractivity contribution in [2.75, 3.05) is 6.54 Å². The fourth-order valence-corrected chi connectivity index (χ4v) is 4.07. The number of amides is 1. The highest BCUT2D eigenvalue weighted by atomic mass is 16.2. The molecule has 1 aliphatic carbocycles. The van der Waals surface area contributed by atoms with Crippen LogP contribution in [0.15, 0.2) is 30.3 Å². The molecule has 1 heterocycles. The monoisotopic (exact) mass is 286 g/mol. The summed E-state index contributed by atoms with van der Waals surface area (Å²) in [6.45, 7) is 0.905. The summed E-state index contributed by atoms with van der Waals surface area (Å²) in [6, 6.07) is 10.2. The maximum atomic E-state index is 12.8. The van der Waals surface area contributed by atoms with Crippen LogP contribution >= 0.6 is 0 Å². The molecule has 3 atom stereocenters. The van der Waals surface area contributed by atoms with Gasteiger partial charge in [0.25, 0.3) is 0 Å². The number of carbonyl (C=O) groups excluding carboxylic acids is 1. The van der Waals surface area contributed by atoms with Gasteiger partial charge in [-0.05, 0) is 43.6 Å². The first kappa shape index (κ1) is 14.6. The highest BCUT2D eigenvalue weighted by Gasteiger charge is 2.37. The number of hydrogen-bond donors (Lipinski definition) is 1. The van der Waals surface area contributed by atoms with Crippen LogP contribution in [0.4, 0.5) is 0 Å². The van der Waals surface area contributed by atoms with Crippen LogP contribution in [0.1, 0.15) is 44.1 Å². The van der Waals surface area contributed by atoms with E-state index in [1.807, 2.05) is 30.3 Å². The molecule has 0 aromatic heterocycles. The molecule has 3 heteroatoms. The van der Waals surface area contributed by atoms with Crippen LogP contribution in [0.2, 0.25) is 0 Å². The van der Waals surface area contributed by atoms with Gasteiger partial charge in [0.2, 0.25) is 5.91 Å². The fraction of sp³-hybridized carbons (Fsp3) is 0.611. The van der Waals surface area contributed by atoms with E-state index in [0.717, 1.165) is 24.4 Å². The molecule has 1 aromatic rings. The lowest BCUT2D eigenvalue weighted by Crippen LogP contribution is -2.55. The second kappa shape index (κ2) is 6.61. The normalized spacial score (nSPS) is 27.0. The summed E-state index contributed by atoms with van der Waals surface area (Å²) >= 11 is 0. The number of carbonyl (C=O) groups is 1. The van der Waals surface area contributed by atoms with Crippen molar-refractivity contribution in [1.82, 2.24) is 4.90 Å². The molecule has 2 fully saturated rings. The van der Waals surface area contributed by atoms with Crippen molar-refractivity contribution >= 4 is 5.91 Å². The summed E-state index contributed by atoms with van der Waals surface area (Å²) in [5.41, 5.74) is 7.36. The van der Waals surface area contributed by atoms with Gasteiger partial charge in [0.05, 0.1) is 6.04 Å². The molecule has 21 heavy (non-hydrogen) atoms. The van der Waals surface area contributed by atoms with Gasteiger partial charge in [0.1, 0.15) is 0 Å². The van der Waals surface area contributed by atoms with Gasteiger partial charge in [-0.15, -0.1) is 0 Å². The van der Waals surface area contributed by atoms with Crippen LogP contribution in [0, 0.1) is 5.92 Å². The molecular weight excluding hydrogens is 260 g/mol. The van der Waals surface area contributed by atoms with Crippen molar-refractivity contribution in [2.45, 2.75) is 57.0 Å². The minimum atomic E-state index is -0.395. The summed E-state index contributed by atoms with van der Waals surface area (Å²) in [6.07, 6.45) is 8.15. The molecule has 1 amide bonds. The Labute approximate surface area is 127 Å². The van der Waals surface area contributed by atoms with E-state index in [-0.39, 0.29) is 5.91 Å². The van der Waals surface area contributed by atoms with Crippen LogP contribution in [0.3, 0.4) is 0 Å². The summed E-state index contributed by atoms with van der Waals surface area (Å²) in [4.78, 5) is 14.9. The molecule has 2 N–H and O–H groups in total. The predicted molar refractivity (Wildman–Crippen MR) is 84.8 cm³/mol. The van der Waals surface area contributed by atoms with E-state index in [2.05, 4.69) is 4.90 Å². The number of hydrogen-bond acceptors (Lipinski definition) is 2. The van der Waals surface area contributed by atoms with E-state index in [1.165, 1.54) is 32.1 Å². The third kappa shape index (κ3) is 3.29. The number of benzene rings is 1. The van der Waals surface area contributed by atoms with Crippen LogP contribution in [-0.2, 0) is 11.2 Å². The van der Waals surface area contributed by atoms with Crippen LogP contribution < -0.4 is 5.73 Å². The Bertz CT molecular complexity index is 471. The number of fused-ring (bicyclic) bond motifs is 1. The van der Waals surface area contributed by atoms with Gasteiger partial charge in [-0.25, -0.2) is 0 Å². The second-order valence-corrected chi connectivity index (χ2v) is 6.58. The van der Waals surface area contributed by atoms with Gasteiger partial charge in [0, 0.05) is 12.6 Å². The molecule has 0 unspecified atom stereocenters. The lowest BCUT2D eigenvalue weighted by atomic mass is 9.78. The fourth-order valence-electron chi connectivity index (χ4n) is 4.07. The van der Waals surface area contributed by atoms with E-state index < -0.39 is 6.04 Å². The SMILES string of the molecule is N[C@@H](Cc1ccccc1)C(=O)N1CCC[C@H]2CCCC[C@H]21. The highest BCUT2D eigenvalue weighted by Crippen LogP contribution is 2.35. The van der Waals surface area contributed by atoms with E-state index in [0.29, 0.717) is 12.5 Å². The molecule has 0 spiro atoms. The van der Waals surface area contributed by atoms with Gasteiger partial charge >= 0.3 is 0 Å². The first-order valence-corrected chi connectivity index (χ1v) is 8.35. The summed E-state index contributed by atoms with van der Waals surface area (Å²) in [7, 11) is 0. The van der Waals surface area contributed by atoms with Crippen molar-refractivity contribution in [3.05, 3.63) is 35.9 Å². The molecule has 1 aliphatic heterocycles. The molecule has 1 aromatic carbocycles. The predicted octanol–water partition coefficient (Wildman–Crippen LogP) is 2.74. The molecule has 3 rings (SSSR count). The Hall–Kier alpha value is -1.35. The molecule has 1 saturated heterocycles. The highest BCUT2D eigenvalue weighted by molar-refractivity contribution is 5.82. The third-order valence-electron chi connectivity index (χ3n) is 5.14. The smallest absolute Gasteiger partial charge is 0.240 e. The largest absolute Gasteiger partial charge is 0.338 e. The standard InChI is InChI=1S/C18H26N2O/c19-16(13-14-7-2-1-3-8-14)18(21)20-12-6-10-15-9-4-5-11-17(15)20/h1-3,7-8,15-17H,4-6,9-13,19H2/t15-,16+,17-/m1/s1. The molecule has 2 aliphatic rings. The van der Waals surface area contributed by atoms with Crippen LogP contribution in [0.5, 0.6) is 0 Å². The number of nitrogens with zero attached hydrogens (tertiary/aromatic N) is 1. The van der Waals surface area contributed by atoms with Crippen molar-refractivity contribution in [2.24, 2.45) is 11.7 Å². The van der Waals surface area contributed by atoms with Gasteiger partial charge in [-0.2, -0.15) is 0 Å². The van der Waals surface area contributed by atoms with Crippen molar-refractivity contribution < 1.29 is 4.79 Å². The topological polar surface area (TPSA) is 46.3 Å². The third-order valence-corrected chi connectivity index (χ3v) is 5.14. The molecule has 0 bridgehead atoms. The molecule has 1 saturated carbocycles. The first-order valence-electron chi connectivity index (χ1n) is 8.35. The van der Waals surface area contributed by atoms with Crippen molar-refractivity contribution in [3.8, 4) is 0 Å². The molecular formula is C18H26N2O. The van der Waals surface area contributed by atoms with Gasteiger partial charge in [-0.3, -0.25) is 4.79 Å². The summed E-state index contributed by atoms with van der Waals surface area (Å²) in [5.74, 6) is 0.885. The lowest BCUT2D eigenvalue weighted by Gasteiger charge is -2.45. The molecule has 3 nitrogen and oxygen atoms in total. The minimum Gasteiger partial charge on any atom is -0.338 e. The van der Waals surface area contributed by atoms with Crippen LogP contribution in [-0.4, -0.2) is 29.4 Å². The van der Waals surface area contributed by atoms with Crippen molar-refractivity contribution in [1.29, 1.82) is 0 Å². The second-order valence-electron chi connectivity index (χ2n) is 6.58. The number of likely N-dealkylation sites (tertiary alicyclic amines) is 1. The van der Waals surface area contributed by atoms with E-state index in [9.17, 15) is 4.79 Å². The molecule has 0 radical (unpaired) electrons. The average molecular weight is 286 g/mol. The average Bonchev–Trinajstić information content (AvgIpc) is 2.54. The van der Waals surface area contributed by atoms with E-state index >= 15 is 0 Å². The minimum absolute atomic E-state index is 0.162.